The van der Waals surface area contributed by atoms with E-state index in [0.29, 0.717) is 0 Å². The van der Waals surface area contributed by atoms with E-state index in [1.54, 1.807) is 11.8 Å². The molecule has 0 bridgehead atoms. The van der Waals surface area contributed by atoms with Crippen LogP contribution in [0.25, 0.3) is 0 Å². The van der Waals surface area contributed by atoms with Crippen LogP contribution >= 0.6 is 23.3 Å². The smallest absolute Gasteiger partial charge is 0.176 e. The third kappa shape index (κ3) is 3.67. The van der Waals surface area contributed by atoms with E-state index in [-0.39, 0.29) is 0 Å². The van der Waals surface area contributed by atoms with Crippen molar-refractivity contribution >= 4 is 29.1 Å². The molecule has 2 heterocycles. The van der Waals surface area contributed by atoms with E-state index in [1.807, 2.05) is 25.1 Å². The van der Waals surface area contributed by atoms with Crippen molar-refractivity contribution in [1.29, 1.82) is 0 Å². The average Bonchev–Trinajstić information content (AvgIpc) is 2.73. The Balaban J connectivity index is 2.05. The first kappa shape index (κ1) is 12.3. The SMILES string of the molecule is CCCNc1cccc(Sc2nc(C)ns2)n1. The number of aromatic nitrogens is 3. The van der Waals surface area contributed by atoms with Gasteiger partial charge in [0.05, 0.1) is 0 Å². The van der Waals surface area contributed by atoms with Crippen molar-refractivity contribution in [2.45, 2.75) is 29.6 Å². The molecule has 0 fully saturated rings. The first-order valence-corrected chi connectivity index (χ1v) is 7.06. The molecule has 2 rings (SSSR count). The quantitative estimate of drug-likeness (QED) is 0.900. The molecular formula is C11H14N4S2. The molecule has 0 unspecified atom stereocenters. The zero-order valence-corrected chi connectivity index (χ0v) is 11.4. The number of hydrogen-bond donors (Lipinski definition) is 1. The third-order valence-electron chi connectivity index (χ3n) is 1.98. The molecule has 0 saturated carbocycles. The maximum atomic E-state index is 4.51. The summed E-state index contributed by atoms with van der Waals surface area (Å²) in [5.74, 6) is 1.73. The fourth-order valence-electron chi connectivity index (χ4n) is 1.23. The minimum atomic E-state index is 0.817. The maximum absolute atomic E-state index is 4.51. The molecule has 90 valence electrons. The van der Waals surface area contributed by atoms with Crippen LogP contribution < -0.4 is 5.32 Å². The number of aryl methyl sites for hydroxylation is 1. The summed E-state index contributed by atoms with van der Waals surface area (Å²) in [6, 6.07) is 5.96. The van der Waals surface area contributed by atoms with Gasteiger partial charge in [0, 0.05) is 6.54 Å². The highest BCUT2D eigenvalue weighted by Crippen LogP contribution is 2.27. The Morgan fingerprint density at radius 2 is 2.24 bits per heavy atom. The van der Waals surface area contributed by atoms with E-state index < -0.39 is 0 Å². The van der Waals surface area contributed by atoms with Gasteiger partial charge >= 0.3 is 0 Å². The molecule has 2 aromatic rings. The lowest BCUT2D eigenvalue weighted by atomic mass is 10.4. The molecule has 0 aliphatic carbocycles. The summed E-state index contributed by atoms with van der Waals surface area (Å²) in [4.78, 5) is 8.81. The van der Waals surface area contributed by atoms with Gasteiger partial charge in [0.1, 0.15) is 16.7 Å². The number of nitrogens with one attached hydrogen (secondary N) is 1. The van der Waals surface area contributed by atoms with Gasteiger partial charge in [-0.15, -0.1) is 0 Å². The summed E-state index contributed by atoms with van der Waals surface area (Å²) in [7, 11) is 0. The predicted octanol–water partition coefficient (Wildman–Crippen LogP) is 3.21. The highest BCUT2D eigenvalue weighted by molar-refractivity contribution is 8.00. The molecule has 0 amide bonds. The highest BCUT2D eigenvalue weighted by Gasteiger charge is 2.04. The first-order chi connectivity index (χ1) is 8.28. The monoisotopic (exact) mass is 266 g/mol. The standard InChI is InChI=1S/C11H14N4S2/c1-3-7-12-9-5-4-6-10(14-9)16-11-13-8(2)15-17-11/h4-6H,3,7H2,1-2H3,(H,12,14). The number of nitrogens with zero attached hydrogens (tertiary/aromatic N) is 3. The topological polar surface area (TPSA) is 50.7 Å². The minimum Gasteiger partial charge on any atom is -0.370 e. The molecule has 0 aliphatic heterocycles. The van der Waals surface area contributed by atoms with Crippen LogP contribution in [0.2, 0.25) is 0 Å². The lowest BCUT2D eigenvalue weighted by Gasteiger charge is -2.04. The Bertz CT molecular complexity index is 484. The number of rotatable bonds is 5. The van der Waals surface area contributed by atoms with Gasteiger partial charge in [-0.1, -0.05) is 13.0 Å². The van der Waals surface area contributed by atoms with Gasteiger partial charge < -0.3 is 5.32 Å². The Hall–Kier alpha value is -1.14. The molecule has 0 atom stereocenters. The summed E-state index contributed by atoms with van der Waals surface area (Å²) < 4.78 is 5.08. The fraction of sp³-hybridized carbons (Fsp3) is 0.364. The van der Waals surface area contributed by atoms with E-state index in [1.165, 1.54) is 11.5 Å². The highest BCUT2D eigenvalue weighted by atomic mass is 32.2. The second-order valence-electron chi connectivity index (χ2n) is 3.50. The largest absolute Gasteiger partial charge is 0.370 e. The van der Waals surface area contributed by atoms with Crippen molar-refractivity contribution < 1.29 is 0 Å². The number of anilines is 1. The molecule has 6 heteroatoms. The number of pyridine rings is 1. The molecule has 0 saturated heterocycles. The first-order valence-electron chi connectivity index (χ1n) is 5.47. The van der Waals surface area contributed by atoms with E-state index in [0.717, 1.165) is 34.0 Å². The second-order valence-corrected chi connectivity index (χ2v) is 5.52. The van der Waals surface area contributed by atoms with Gasteiger partial charge in [-0.05, 0) is 48.8 Å². The minimum absolute atomic E-state index is 0.817. The van der Waals surface area contributed by atoms with Crippen LogP contribution in [-0.4, -0.2) is 20.9 Å². The van der Waals surface area contributed by atoms with Crippen molar-refractivity contribution in [3.8, 4) is 0 Å². The van der Waals surface area contributed by atoms with Crippen molar-refractivity contribution in [1.82, 2.24) is 14.3 Å². The molecule has 0 aromatic carbocycles. The van der Waals surface area contributed by atoms with Crippen molar-refractivity contribution in [3.05, 3.63) is 24.0 Å². The number of hydrogen-bond acceptors (Lipinski definition) is 6. The third-order valence-corrected chi connectivity index (χ3v) is 3.76. The summed E-state index contributed by atoms with van der Waals surface area (Å²) >= 11 is 2.96. The van der Waals surface area contributed by atoms with Gasteiger partial charge in [-0.3, -0.25) is 0 Å². The fourth-order valence-corrected chi connectivity index (χ4v) is 2.82. The van der Waals surface area contributed by atoms with Crippen LogP contribution in [0.15, 0.2) is 27.6 Å². The van der Waals surface area contributed by atoms with E-state index in [9.17, 15) is 0 Å². The van der Waals surface area contributed by atoms with Gasteiger partial charge in [0.25, 0.3) is 0 Å². The lowest BCUT2D eigenvalue weighted by Crippen LogP contribution is -2.01. The molecular weight excluding hydrogens is 252 g/mol. The van der Waals surface area contributed by atoms with Crippen LogP contribution in [0.1, 0.15) is 19.2 Å². The van der Waals surface area contributed by atoms with Crippen molar-refractivity contribution in [2.75, 3.05) is 11.9 Å². The van der Waals surface area contributed by atoms with Crippen LogP contribution in [0, 0.1) is 6.92 Å². The summed E-state index contributed by atoms with van der Waals surface area (Å²) in [6.07, 6.45) is 1.09. The maximum Gasteiger partial charge on any atom is 0.176 e. The lowest BCUT2D eigenvalue weighted by molar-refractivity contribution is 0.959. The Labute approximate surface area is 109 Å². The van der Waals surface area contributed by atoms with E-state index >= 15 is 0 Å². The van der Waals surface area contributed by atoms with Gasteiger partial charge in [0.15, 0.2) is 4.34 Å². The Kier molecular flexibility index (Phi) is 4.33. The molecule has 17 heavy (non-hydrogen) atoms. The molecule has 0 aliphatic rings. The van der Waals surface area contributed by atoms with E-state index in [2.05, 4.69) is 26.6 Å². The molecule has 0 spiro atoms. The van der Waals surface area contributed by atoms with Crippen LogP contribution in [0.4, 0.5) is 5.82 Å². The van der Waals surface area contributed by atoms with Crippen LogP contribution in [-0.2, 0) is 0 Å². The summed E-state index contributed by atoms with van der Waals surface area (Å²) in [5, 5.41) is 4.22. The van der Waals surface area contributed by atoms with Crippen molar-refractivity contribution in [3.63, 3.8) is 0 Å². The molecule has 1 N–H and O–H groups in total. The molecule has 4 nitrogen and oxygen atoms in total. The predicted molar refractivity (Wildman–Crippen MR) is 71.8 cm³/mol. The summed E-state index contributed by atoms with van der Waals surface area (Å²) in [5.41, 5.74) is 0. The zero-order chi connectivity index (χ0) is 12.1. The average molecular weight is 266 g/mol. The zero-order valence-electron chi connectivity index (χ0n) is 9.80. The van der Waals surface area contributed by atoms with Crippen LogP contribution in [0.3, 0.4) is 0 Å². The van der Waals surface area contributed by atoms with Crippen molar-refractivity contribution in [2.24, 2.45) is 0 Å². The molecule has 0 radical (unpaired) electrons. The Morgan fingerprint density at radius 3 is 2.94 bits per heavy atom. The normalized spacial score (nSPS) is 10.5. The second kappa shape index (κ2) is 5.97. The van der Waals surface area contributed by atoms with Gasteiger partial charge in [0.2, 0.25) is 0 Å². The molecule has 2 aromatic heterocycles. The Morgan fingerprint density at radius 1 is 1.35 bits per heavy atom. The van der Waals surface area contributed by atoms with Gasteiger partial charge in [-0.2, -0.15) is 4.37 Å². The van der Waals surface area contributed by atoms with E-state index in [4.69, 9.17) is 0 Å². The van der Waals surface area contributed by atoms with Gasteiger partial charge in [-0.25, -0.2) is 9.97 Å². The van der Waals surface area contributed by atoms with Crippen LogP contribution in [0.5, 0.6) is 0 Å². The summed E-state index contributed by atoms with van der Waals surface area (Å²) in [6.45, 7) is 4.97.